The second-order valence-electron chi connectivity index (χ2n) is 11.4. The lowest BCUT2D eigenvalue weighted by Crippen LogP contribution is -2.01. The van der Waals surface area contributed by atoms with Gasteiger partial charge in [0, 0.05) is 27.5 Å². The molecule has 0 fully saturated rings. The van der Waals surface area contributed by atoms with Crippen molar-refractivity contribution in [3.8, 4) is 45.3 Å². The summed E-state index contributed by atoms with van der Waals surface area (Å²) in [5, 5.41) is 7.12. The van der Waals surface area contributed by atoms with Gasteiger partial charge in [-0.15, -0.1) is 0 Å². The molecule has 7 aromatic carbocycles. The highest BCUT2D eigenvalue weighted by Crippen LogP contribution is 2.40. The average Bonchev–Trinajstić information content (AvgIpc) is 3.50. The van der Waals surface area contributed by atoms with Gasteiger partial charge in [0.05, 0.1) is 5.02 Å². The molecule has 0 saturated carbocycles. The topological polar surface area (TPSA) is 51.8 Å². The van der Waals surface area contributed by atoms with Crippen molar-refractivity contribution < 1.29 is 4.42 Å². The Labute approximate surface area is 269 Å². The van der Waals surface area contributed by atoms with Gasteiger partial charge in [-0.1, -0.05) is 121 Å². The summed E-state index contributed by atoms with van der Waals surface area (Å²) in [4.78, 5) is 15.0. The number of hydrogen-bond donors (Lipinski definition) is 0. The predicted molar refractivity (Wildman–Crippen MR) is 189 cm³/mol. The molecule has 216 valence electrons. The molecule has 5 heteroatoms. The molecule has 0 amide bonds. The molecule has 0 unspecified atom stereocenters. The predicted octanol–water partition coefficient (Wildman–Crippen LogP) is 11.4. The van der Waals surface area contributed by atoms with Crippen molar-refractivity contribution in [3.05, 3.63) is 151 Å². The summed E-state index contributed by atoms with van der Waals surface area (Å²) in [5.74, 6) is 1.65. The molecule has 4 nitrogen and oxygen atoms in total. The highest BCUT2D eigenvalue weighted by atomic mass is 35.5. The largest absolute Gasteiger partial charge is 0.456 e. The second kappa shape index (κ2) is 10.7. The maximum absolute atomic E-state index is 6.93. The van der Waals surface area contributed by atoms with E-state index in [9.17, 15) is 0 Å². The highest BCUT2D eigenvalue weighted by Gasteiger charge is 2.20. The zero-order valence-corrected chi connectivity index (χ0v) is 25.2. The lowest BCUT2D eigenvalue weighted by atomic mass is 9.98. The summed E-state index contributed by atoms with van der Waals surface area (Å²) in [6.07, 6.45) is 0. The molecule has 0 bridgehead atoms. The molecule has 0 N–H and O–H groups in total. The van der Waals surface area contributed by atoms with Gasteiger partial charge in [-0.2, -0.15) is 0 Å². The summed E-state index contributed by atoms with van der Waals surface area (Å²) in [5.41, 5.74) is 6.41. The van der Waals surface area contributed by atoms with Crippen molar-refractivity contribution in [1.29, 1.82) is 0 Å². The fourth-order valence-corrected chi connectivity index (χ4v) is 6.52. The molecule has 0 aliphatic rings. The number of para-hydroxylation sites is 1. The van der Waals surface area contributed by atoms with Gasteiger partial charge in [0.25, 0.3) is 0 Å². The van der Waals surface area contributed by atoms with Crippen LogP contribution in [0.15, 0.2) is 150 Å². The molecule has 2 heterocycles. The van der Waals surface area contributed by atoms with Crippen LogP contribution in [0, 0.1) is 0 Å². The molecule has 0 saturated heterocycles. The Morgan fingerprint density at radius 3 is 1.76 bits per heavy atom. The Morgan fingerprint density at radius 2 is 0.978 bits per heavy atom. The van der Waals surface area contributed by atoms with Crippen LogP contribution in [0.3, 0.4) is 0 Å². The van der Waals surface area contributed by atoms with E-state index in [0.29, 0.717) is 22.5 Å². The lowest BCUT2D eigenvalue weighted by Gasteiger charge is -2.11. The molecule has 0 aliphatic heterocycles. The van der Waals surface area contributed by atoms with Crippen molar-refractivity contribution in [1.82, 2.24) is 15.0 Å². The molecule has 0 atom stereocenters. The van der Waals surface area contributed by atoms with Crippen LogP contribution in [0.5, 0.6) is 0 Å². The first-order chi connectivity index (χ1) is 22.7. The van der Waals surface area contributed by atoms with E-state index in [4.69, 9.17) is 31.0 Å². The third-order valence-corrected chi connectivity index (χ3v) is 8.88. The van der Waals surface area contributed by atoms with Gasteiger partial charge >= 0.3 is 0 Å². The maximum atomic E-state index is 6.93. The van der Waals surface area contributed by atoms with Crippen molar-refractivity contribution in [2.75, 3.05) is 0 Å². The van der Waals surface area contributed by atoms with Crippen LogP contribution in [0.25, 0.3) is 88.8 Å². The van der Waals surface area contributed by atoms with Crippen LogP contribution in [-0.4, -0.2) is 15.0 Å². The number of aromatic nitrogens is 3. The van der Waals surface area contributed by atoms with Crippen molar-refractivity contribution in [3.63, 3.8) is 0 Å². The highest BCUT2D eigenvalue weighted by molar-refractivity contribution is 6.35. The van der Waals surface area contributed by atoms with Crippen LogP contribution in [-0.2, 0) is 0 Å². The number of fused-ring (bicyclic) bond motifs is 5. The standard InChI is InChI=1S/C41H24ClN3O/c42-34-20-21-36-37(33-12-6-7-13-35(33)46-36)38(34)41-44-39(26-9-2-1-3-10-26)43-40(45-41)32-19-18-30-23-29(16-17-31(30)24-32)28-15-14-25-8-4-5-11-27(25)22-28/h1-24H. The van der Waals surface area contributed by atoms with Crippen LogP contribution >= 0.6 is 11.6 Å². The Morgan fingerprint density at radius 1 is 0.413 bits per heavy atom. The van der Waals surface area contributed by atoms with Gasteiger partial charge in [-0.3, -0.25) is 0 Å². The molecule has 0 spiro atoms. The molecule has 46 heavy (non-hydrogen) atoms. The van der Waals surface area contributed by atoms with E-state index in [2.05, 4.69) is 78.9 Å². The van der Waals surface area contributed by atoms with Crippen molar-refractivity contribution in [2.45, 2.75) is 0 Å². The van der Waals surface area contributed by atoms with Gasteiger partial charge < -0.3 is 4.42 Å². The van der Waals surface area contributed by atoms with E-state index in [1.54, 1.807) is 0 Å². The van der Waals surface area contributed by atoms with Crippen molar-refractivity contribution >= 4 is 55.1 Å². The van der Waals surface area contributed by atoms with Gasteiger partial charge in [-0.25, -0.2) is 15.0 Å². The number of rotatable bonds is 4. The summed E-state index contributed by atoms with van der Waals surface area (Å²) in [6, 6.07) is 49.7. The quantitative estimate of drug-likeness (QED) is 0.199. The molecule has 2 aromatic heterocycles. The average molecular weight is 610 g/mol. The first-order valence-electron chi connectivity index (χ1n) is 15.1. The molecular weight excluding hydrogens is 586 g/mol. The second-order valence-corrected chi connectivity index (χ2v) is 11.8. The molecule has 0 aliphatic carbocycles. The third-order valence-electron chi connectivity index (χ3n) is 8.56. The fraction of sp³-hybridized carbons (Fsp3) is 0. The minimum atomic E-state index is 0.498. The summed E-state index contributed by atoms with van der Waals surface area (Å²) in [7, 11) is 0. The Balaban J connectivity index is 1.20. The van der Waals surface area contributed by atoms with Gasteiger partial charge in [0.15, 0.2) is 17.5 Å². The monoisotopic (exact) mass is 609 g/mol. The van der Waals surface area contributed by atoms with E-state index < -0.39 is 0 Å². The van der Waals surface area contributed by atoms with E-state index >= 15 is 0 Å². The molecule has 0 radical (unpaired) electrons. The number of halogens is 1. The Hall–Kier alpha value is -5.84. The molecule has 9 aromatic rings. The van der Waals surface area contributed by atoms with E-state index in [-0.39, 0.29) is 0 Å². The summed E-state index contributed by atoms with van der Waals surface area (Å²) < 4.78 is 6.18. The Bertz CT molecular complexity index is 2610. The third kappa shape index (κ3) is 4.50. The van der Waals surface area contributed by atoms with E-state index in [1.807, 2.05) is 66.7 Å². The Kier molecular flexibility index (Phi) is 6.15. The first-order valence-corrected chi connectivity index (χ1v) is 15.5. The first kappa shape index (κ1) is 26.6. The fourth-order valence-electron chi connectivity index (χ4n) is 6.28. The smallest absolute Gasteiger partial charge is 0.166 e. The van der Waals surface area contributed by atoms with Crippen molar-refractivity contribution in [2.24, 2.45) is 0 Å². The number of hydrogen-bond acceptors (Lipinski definition) is 4. The summed E-state index contributed by atoms with van der Waals surface area (Å²) >= 11 is 6.93. The van der Waals surface area contributed by atoms with Gasteiger partial charge in [0.2, 0.25) is 0 Å². The maximum Gasteiger partial charge on any atom is 0.166 e. The van der Waals surface area contributed by atoms with Crippen LogP contribution in [0.4, 0.5) is 0 Å². The number of nitrogens with zero attached hydrogens (tertiary/aromatic N) is 3. The van der Waals surface area contributed by atoms with Crippen LogP contribution in [0.2, 0.25) is 5.02 Å². The number of benzene rings is 7. The SMILES string of the molecule is Clc1ccc2oc3ccccc3c2c1-c1nc(-c2ccccc2)nc(-c2ccc3cc(-c4ccc5ccccc5c4)ccc3c2)n1. The van der Waals surface area contributed by atoms with E-state index in [1.165, 1.54) is 21.9 Å². The minimum Gasteiger partial charge on any atom is -0.456 e. The van der Waals surface area contributed by atoms with E-state index in [0.717, 1.165) is 49.4 Å². The zero-order chi connectivity index (χ0) is 30.6. The molecular formula is C41H24ClN3O. The van der Waals surface area contributed by atoms with Crippen LogP contribution in [0.1, 0.15) is 0 Å². The minimum absolute atomic E-state index is 0.498. The normalized spacial score (nSPS) is 11.6. The zero-order valence-electron chi connectivity index (χ0n) is 24.5. The van der Waals surface area contributed by atoms with Crippen LogP contribution < -0.4 is 0 Å². The lowest BCUT2D eigenvalue weighted by molar-refractivity contribution is 0.669. The van der Waals surface area contributed by atoms with Gasteiger partial charge in [-0.05, 0) is 69.1 Å². The van der Waals surface area contributed by atoms with Gasteiger partial charge in [0.1, 0.15) is 11.2 Å². The molecule has 9 rings (SSSR count). The number of furan rings is 1. The summed E-state index contributed by atoms with van der Waals surface area (Å²) in [6.45, 7) is 0.